The Labute approximate surface area is 236 Å². The number of methoxy groups -OCH3 is 3. The van der Waals surface area contributed by atoms with Gasteiger partial charge in [-0.2, -0.15) is 0 Å². The predicted octanol–water partition coefficient (Wildman–Crippen LogP) is 0.795. The topological polar surface area (TPSA) is 172 Å². The van der Waals surface area contributed by atoms with Gasteiger partial charge in [0.25, 0.3) is 0 Å². The molecule has 11 heteroatoms. The second kappa shape index (κ2) is 17.1. The van der Waals surface area contributed by atoms with Crippen molar-refractivity contribution < 1.29 is 28.6 Å². The molecule has 0 aliphatic carbocycles. The van der Waals surface area contributed by atoms with Crippen LogP contribution in [0.15, 0.2) is 42.5 Å². The van der Waals surface area contributed by atoms with Crippen molar-refractivity contribution in [2.75, 3.05) is 47.5 Å². The average Bonchev–Trinajstić information content (AvgIpc) is 2.97. The van der Waals surface area contributed by atoms with Crippen LogP contribution in [-0.2, 0) is 27.2 Å². The maximum atomic E-state index is 13.4. The number of ketones is 1. The molecule has 2 aromatic rings. The van der Waals surface area contributed by atoms with Crippen molar-refractivity contribution in [2.45, 2.75) is 44.2 Å². The second-order valence-corrected chi connectivity index (χ2v) is 9.35. The van der Waals surface area contributed by atoms with Crippen LogP contribution in [0.5, 0.6) is 17.2 Å². The molecule has 2 aromatic carbocycles. The smallest absolute Gasteiger partial charge is 0.238 e. The van der Waals surface area contributed by atoms with E-state index >= 15 is 0 Å². The number of nitrogens with one attached hydrogen (secondary N) is 1. The first-order valence-electron chi connectivity index (χ1n) is 13.4. The SMILES string of the molecule is COc1cc(CCC(=O)[C@H](CCc2ccccc2)NC(=O)[C@@H](N)CC(=O)N(CCN)CCN)cc(OC)c1OC. The Balaban J connectivity index is 2.13. The molecule has 0 fully saturated rings. The predicted molar refractivity (Wildman–Crippen MR) is 153 cm³/mol. The normalized spacial score (nSPS) is 12.2. The van der Waals surface area contributed by atoms with Crippen LogP contribution >= 0.6 is 0 Å². The number of nitrogens with two attached hydrogens (primary N) is 3. The third-order valence-electron chi connectivity index (χ3n) is 6.54. The van der Waals surface area contributed by atoms with E-state index < -0.39 is 18.0 Å². The minimum Gasteiger partial charge on any atom is -0.493 e. The highest BCUT2D eigenvalue weighted by Crippen LogP contribution is 2.38. The number of ether oxygens (including phenoxy) is 3. The van der Waals surface area contributed by atoms with Crippen molar-refractivity contribution in [1.82, 2.24) is 10.2 Å². The lowest BCUT2D eigenvalue weighted by Gasteiger charge is -2.24. The number of rotatable bonds is 18. The van der Waals surface area contributed by atoms with Crippen LogP contribution in [0, 0.1) is 0 Å². The van der Waals surface area contributed by atoms with Gasteiger partial charge >= 0.3 is 0 Å². The second-order valence-electron chi connectivity index (χ2n) is 9.35. The molecule has 40 heavy (non-hydrogen) atoms. The summed E-state index contributed by atoms with van der Waals surface area (Å²) in [4.78, 5) is 40.5. The summed E-state index contributed by atoms with van der Waals surface area (Å²) >= 11 is 0. The Morgan fingerprint density at radius 3 is 2.00 bits per heavy atom. The van der Waals surface area contributed by atoms with Gasteiger partial charge in [-0.1, -0.05) is 30.3 Å². The fraction of sp³-hybridized carbons (Fsp3) is 0.483. The average molecular weight is 558 g/mol. The Bertz CT molecular complexity index is 1070. The first-order chi connectivity index (χ1) is 19.3. The van der Waals surface area contributed by atoms with Crippen LogP contribution < -0.4 is 36.7 Å². The lowest BCUT2D eigenvalue weighted by atomic mass is 9.97. The minimum atomic E-state index is -1.12. The molecule has 0 aliphatic heterocycles. The van der Waals surface area contributed by atoms with Crippen LogP contribution in [0.4, 0.5) is 0 Å². The van der Waals surface area contributed by atoms with E-state index in [0.29, 0.717) is 49.6 Å². The molecule has 2 atom stereocenters. The van der Waals surface area contributed by atoms with Gasteiger partial charge in [-0.05, 0) is 42.5 Å². The molecule has 0 heterocycles. The van der Waals surface area contributed by atoms with Gasteiger partial charge in [0.15, 0.2) is 17.3 Å². The number of carbonyl (C=O) groups is 3. The number of Topliss-reactive ketones (excluding diaryl/α,β-unsaturated/α-hetero) is 1. The highest BCUT2D eigenvalue weighted by Gasteiger charge is 2.26. The van der Waals surface area contributed by atoms with E-state index in [9.17, 15) is 14.4 Å². The number of aryl methyl sites for hydroxylation is 2. The van der Waals surface area contributed by atoms with Crippen LogP contribution in [0.1, 0.15) is 30.4 Å². The van der Waals surface area contributed by atoms with E-state index in [0.717, 1.165) is 11.1 Å². The molecule has 0 saturated heterocycles. The molecule has 2 rings (SSSR count). The molecule has 0 aliphatic rings. The van der Waals surface area contributed by atoms with Crippen molar-refractivity contribution >= 4 is 17.6 Å². The number of carbonyl (C=O) groups excluding carboxylic acids is 3. The molecular formula is C29H43N5O6. The van der Waals surface area contributed by atoms with Crippen LogP contribution in [-0.4, -0.2) is 82.1 Å². The van der Waals surface area contributed by atoms with Crippen LogP contribution in [0.25, 0.3) is 0 Å². The highest BCUT2D eigenvalue weighted by atomic mass is 16.5. The summed E-state index contributed by atoms with van der Waals surface area (Å²) in [7, 11) is 4.58. The Morgan fingerprint density at radius 2 is 1.48 bits per heavy atom. The first kappa shape index (κ1) is 32.5. The summed E-state index contributed by atoms with van der Waals surface area (Å²) in [5.41, 5.74) is 19.1. The molecule has 7 N–H and O–H groups in total. The third kappa shape index (κ3) is 9.82. The molecule has 0 aromatic heterocycles. The van der Waals surface area contributed by atoms with Crippen molar-refractivity contribution in [3.8, 4) is 17.2 Å². The lowest BCUT2D eigenvalue weighted by Crippen LogP contribution is -2.51. The molecule has 220 valence electrons. The highest BCUT2D eigenvalue weighted by molar-refractivity contribution is 5.93. The zero-order chi connectivity index (χ0) is 29.5. The fourth-order valence-corrected chi connectivity index (χ4v) is 4.35. The summed E-state index contributed by atoms with van der Waals surface area (Å²) in [5.74, 6) is 0.429. The lowest BCUT2D eigenvalue weighted by molar-refractivity contribution is -0.135. The number of benzene rings is 2. The van der Waals surface area contributed by atoms with E-state index in [1.165, 1.54) is 26.2 Å². The summed E-state index contributed by atoms with van der Waals surface area (Å²) in [5, 5.41) is 2.79. The molecule has 0 bridgehead atoms. The Morgan fingerprint density at radius 1 is 0.875 bits per heavy atom. The monoisotopic (exact) mass is 557 g/mol. The fourth-order valence-electron chi connectivity index (χ4n) is 4.35. The molecule has 0 radical (unpaired) electrons. The zero-order valence-corrected chi connectivity index (χ0v) is 23.7. The van der Waals surface area contributed by atoms with Crippen LogP contribution in [0.2, 0.25) is 0 Å². The van der Waals surface area contributed by atoms with Crippen molar-refractivity contribution in [3.05, 3.63) is 53.6 Å². The Hall–Kier alpha value is -3.67. The summed E-state index contributed by atoms with van der Waals surface area (Å²) in [6.07, 6.45) is 1.31. The van der Waals surface area contributed by atoms with Crippen molar-refractivity contribution in [1.29, 1.82) is 0 Å². The largest absolute Gasteiger partial charge is 0.493 e. The van der Waals surface area contributed by atoms with Gasteiger partial charge in [0.1, 0.15) is 0 Å². The molecule has 0 unspecified atom stereocenters. The molecule has 0 spiro atoms. The quantitative estimate of drug-likeness (QED) is 0.207. The summed E-state index contributed by atoms with van der Waals surface area (Å²) < 4.78 is 16.2. The van der Waals surface area contributed by atoms with Crippen molar-refractivity contribution in [2.24, 2.45) is 17.2 Å². The number of amides is 2. The van der Waals surface area contributed by atoms with Gasteiger partial charge in [0.05, 0.1) is 39.8 Å². The Kier molecular flexibility index (Phi) is 13.9. The number of hydrogen-bond acceptors (Lipinski definition) is 9. The summed E-state index contributed by atoms with van der Waals surface area (Å²) in [6.45, 7) is 1.19. The van der Waals surface area contributed by atoms with E-state index in [-0.39, 0.29) is 37.6 Å². The maximum Gasteiger partial charge on any atom is 0.238 e. The maximum absolute atomic E-state index is 13.4. The van der Waals surface area contributed by atoms with Gasteiger partial charge in [-0.25, -0.2) is 0 Å². The molecule has 0 saturated carbocycles. The molecule has 11 nitrogen and oxygen atoms in total. The third-order valence-corrected chi connectivity index (χ3v) is 6.54. The minimum absolute atomic E-state index is 0.149. The van der Waals surface area contributed by atoms with E-state index in [2.05, 4.69) is 5.32 Å². The van der Waals surface area contributed by atoms with E-state index in [1.54, 1.807) is 12.1 Å². The standard InChI is InChI=1S/C29H43N5O6/c1-38-25-17-21(18-26(39-2)28(25)40-3)10-12-24(35)23(11-9-20-7-5-4-6-8-20)33-29(37)22(32)19-27(36)34(15-13-30)16-14-31/h4-8,17-18,22-23H,9-16,19,30-32H2,1-3H3,(H,33,37)/t22-,23-/m0/s1. The van der Waals surface area contributed by atoms with Crippen LogP contribution in [0.3, 0.4) is 0 Å². The zero-order valence-electron chi connectivity index (χ0n) is 23.7. The van der Waals surface area contributed by atoms with E-state index in [4.69, 9.17) is 31.4 Å². The number of hydrogen-bond donors (Lipinski definition) is 4. The van der Waals surface area contributed by atoms with Gasteiger partial charge in [-0.15, -0.1) is 0 Å². The number of nitrogens with zero attached hydrogens (tertiary/aromatic N) is 1. The van der Waals surface area contributed by atoms with Gasteiger partial charge in [0, 0.05) is 32.6 Å². The van der Waals surface area contributed by atoms with Gasteiger partial charge in [0.2, 0.25) is 17.6 Å². The molecular weight excluding hydrogens is 514 g/mol. The van der Waals surface area contributed by atoms with Gasteiger partial charge < -0.3 is 41.6 Å². The first-order valence-corrected chi connectivity index (χ1v) is 13.4. The van der Waals surface area contributed by atoms with Crippen molar-refractivity contribution in [3.63, 3.8) is 0 Å². The van der Waals surface area contributed by atoms with Gasteiger partial charge in [-0.3, -0.25) is 14.4 Å². The molecule has 2 amide bonds. The van der Waals surface area contributed by atoms with E-state index in [1.807, 2.05) is 30.3 Å². The summed E-state index contributed by atoms with van der Waals surface area (Å²) in [6, 6.07) is 11.4.